The van der Waals surface area contributed by atoms with Crippen LogP contribution in [-0.4, -0.2) is 31.1 Å². The van der Waals surface area contributed by atoms with Crippen LogP contribution in [0.15, 0.2) is 18.2 Å². The van der Waals surface area contributed by atoms with Crippen LogP contribution in [0.5, 0.6) is 0 Å². The minimum Gasteiger partial charge on any atom is -0.350 e. The van der Waals surface area contributed by atoms with Crippen molar-refractivity contribution in [1.82, 2.24) is 30.5 Å². The lowest BCUT2D eigenvalue weighted by molar-refractivity contribution is 0.0933. The Morgan fingerprint density at radius 2 is 2.18 bits per heavy atom. The zero-order valence-electron chi connectivity index (χ0n) is 12.4. The molecule has 1 unspecified atom stereocenters. The molecule has 2 N–H and O–H groups in total. The fourth-order valence-corrected chi connectivity index (χ4v) is 2.44. The molecule has 1 amide bonds. The fraction of sp³-hybridized carbons (Fsp3) is 0.286. The molecule has 0 saturated carbocycles. The molecule has 114 valence electrons. The lowest BCUT2D eigenvalue weighted by Gasteiger charge is -2.11. The van der Waals surface area contributed by atoms with Crippen LogP contribution in [-0.2, 0) is 7.05 Å². The fourth-order valence-electron chi connectivity index (χ4n) is 2.44. The molecule has 7 nitrogen and oxygen atoms in total. The van der Waals surface area contributed by atoms with Gasteiger partial charge < -0.3 is 10.3 Å². The van der Waals surface area contributed by atoms with Crippen LogP contribution in [0.2, 0.25) is 0 Å². The first kappa shape index (κ1) is 14.2. The monoisotopic (exact) mass is 302 g/mol. The van der Waals surface area contributed by atoms with Crippen molar-refractivity contribution >= 4 is 16.8 Å². The van der Waals surface area contributed by atoms with Crippen LogP contribution >= 0.6 is 0 Å². The van der Waals surface area contributed by atoms with Crippen molar-refractivity contribution in [3.63, 3.8) is 0 Å². The summed E-state index contributed by atoms with van der Waals surface area (Å²) in [6.07, 6.45) is 0. The summed E-state index contributed by atoms with van der Waals surface area (Å²) < 4.78 is 14.9. The molecule has 22 heavy (non-hydrogen) atoms. The van der Waals surface area contributed by atoms with E-state index in [2.05, 4.69) is 25.8 Å². The van der Waals surface area contributed by atoms with E-state index in [1.165, 1.54) is 16.8 Å². The number of nitrogens with zero attached hydrogens (tertiary/aromatic N) is 4. The Bertz CT molecular complexity index is 852. The summed E-state index contributed by atoms with van der Waals surface area (Å²) in [5, 5.41) is 14.8. The predicted octanol–water partition coefficient (Wildman–Crippen LogP) is 1.63. The Morgan fingerprint density at radius 1 is 1.41 bits per heavy atom. The zero-order chi connectivity index (χ0) is 15.9. The molecule has 0 aliphatic heterocycles. The van der Waals surface area contributed by atoms with Crippen LogP contribution in [0.3, 0.4) is 0 Å². The normalized spacial score (nSPS) is 12.5. The molecule has 0 fully saturated rings. The second kappa shape index (κ2) is 5.21. The van der Waals surface area contributed by atoms with Crippen molar-refractivity contribution in [2.24, 2.45) is 7.05 Å². The highest BCUT2D eigenvalue weighted by Gasteiger charge is 2.18. The van der Waals surface area contributed by atoms with Gasteiger partial charge in [0.25, 0.3) is 5.91 Å². The van der Waals surface area contributed by atoms with Crippen molar-refractivity contribution in [2.45, 2.75) is 19.9 Å². The Hall–Kier alpha value is -2.77. The van der Waals surface area contributed by atoms with Crippen molar-refractivity contribution in [3.8, 4) is 0 Å². The number of benzene rings is 1. The number of halogens is 1. The van der Waals surface area contributed by atoms with Crippen LogP contribution in [0.4, 0.5) is 4.39 Å². The summed E-state index contributed by atoms with van der Waals surface area (Å²) in [5.41, 5.74) is 1.73. The van der Waals surface area contributed by atoms with Gasteiger partial charge in [-0.2, -0.15) is 0 Å². The van der Waals surface area contributed by atoms with Gasteiger partial charge in [0.2, 0.25) is 0 Å². The van der Waals surface area contributed by atoms with E-state index in [4.69, 9.17) is 0 Å². The quantitative estimate of drug-likeness (QED) is 0.769. The van der Waals surface area contributed by atoms with Crippen LogP contribution < -0.4 is 5.32 Å². The summed E-state index contributed by atoms with van der Waals surface area (Å²) in [6, 6.07) is 4.17. The van der Waals surface area contributed by atoms with E-state index in [-0.39, 0.29) is 17.8 Å². The number of carbonyl (C=O) groups excluding carboxylic acids is 1. The first-order valence-corrected chi connectivity index (χ1v) is 6.77. The molecular weight excluding hydrogens is 287 g/mol. The van der Waals surface area contributed by atoms with E-state index in [0.717, 1.165) is 10.9 Å². The zero-order valence-corrected chi connectivity index (χ0v) is 12.4. The van der Waals surface area contributed by atoms with E-state index < -0.39 is 0 Å². The molecule has 0 aliphatic rings. The standard InChI is InChI=1S/C14H15FN6O/c1-7-4-9(15)5-11-10(7)6-12(17-11)14(22)16-8(2)13-18-19-20-21(13)3/h4-6,8,17H,1-3H3,(H,16,22). The van der Waals surface area contributed by atoms with Gasteiger partial charge >= 0.3 is 0 Å². The number of rotatable bonds is 3. The number of aromatic amines is 1. The molecule has 1 aromatic carbocycles. The predicted molar refractivity (Wildman–Crippen MR) is 77.7 cm³/mol. The average Bonchev–Trinajstić information content (AvgIpc) is 3.04. The van der Waals surface area contributed by atoms with Gasteiger partial charge in [-0.3, -0.25) is 4.79 Å². The maximum Gasteiger partial charge on any atom is 0.268 e. The van der Waals surface area contributed by atoms with Crippen molar-refractivity contribution in [3.05, 3.63) is 41.1 Å². The van der Waals surface area contributed by atoms with Gasteiger partial charge in [0.05, 0.1) is 6.04 Å². The maximum atomic E-state index is 13.4. The molecular formula is C14H15FN6O. The second-order valence-corrected chi connectivity index (χ2v) is 5.22. The van der Waals surface area contributed by atoms with E-state index in [1.54, 1.807) is 27.0 Å². The molecule has 0 aliphatic carbocycles. The van der Waals surface area contributed by atoms with E-state index >= 15 is 0 Å². The minimum absolute atomic E-state index is 0.300. The topological polar surface area (TPSA) is 88.5 Å². The van der Waals surface area contributed by atoms with E-state index in [1.807, 2.05) is 0 Å². The van der Waals surface area contributed by atoms with E-state index in [9.17, 15) is 9.18 Å². The third kappa shape index (κ3) is 2.43. The molecule has 3 rings (SSSR count). The van der Waals surface area contributed by atoms with Gasteiger partial charge in [-0.05, 0) is 48.0 Å². The van der Waals surface area contributed by atoms with Gasteiger partial charge in [-0.25, -0.2) is 9.07 Å². The molecule has 8 heteroatoms. The van der Waals surface area contributed by atoms with Crippen LogP contribution in [0.1, 0.15) is 34.8 Å². The summed E-state index contributed by atoms with van der Waals surface area (Å²) in [4.78, 5) is 15.2. The molecule has 0 saturated heterocycles. The third-order valence-corrected chi connectivity index (χ3v) is 3.54. The second-order valence-electron chi connectivity index (χ2n) is 5.22. The van der Waals surface area contributed by atoms with Gasteiger partial charge in [0, 0.05) is 18.0 Å². The summed E-state index contributed by atoms with van der Waals surface area (Å²) in [5.74, 6) is -0.0875. The lowest BCUT2D eigenvalue weighted by Crippen LogP contribution is -2.28. The van der Waals surface area contributed by atoms with Crippen LogP contribution in [0, 0.1) is 12.7 Å². The highest BCUT2D eigenvalue weighted by atomic mass is 19.1. The Morgan fingerprint density at radius 3 is 2.86 bits per heavy atom. The van der Waals surface area contributed by atoms with Gasteiger partial charge in [0.15, 0.2) is 5.82 Å². The van der Waals surface area contributed by atoms with Crippen LogP contribution in [0.25, 0.3) is 10.9 Å². The molecule has 1 atom stereocenters. The Balaban J connectivity index is 1.86. The average molecular weight is 302 g/mol. The number of carbonyl (C=O) groups is 1. The number of aromatic nitrogens is 5. The Kier molecular flexibility index (Phi) is 3.36. The molecule has 2 heterocycles. The number of hydrogen-bond acceptors (Lipinski definition) is 4. The lowest BCUT2D eigenvalue weighted by atomic mass is 10.1. The number of aryl methyl sites for hydroxylation is 2. The summed E-state index contributed by atoms with van der Waals surface area (Å²) >= 11 is 0. The van der Waals surface area contributed by atoms with Crippen molar-refractivity contribution < 1.29 is 9.18 Å². The number of fused-ring (bicyclic) bond motifs is 1. The van der Waals surface area contributed by atoms with Gasteiger partial charge in [0.1, 0.15) is 11.5 Å². The molecule has 0 radical (unpaired) electrons. The smallest absolute Gasteiger partial charge is 0.268 e. The summed E-state index contributed by atoms with van der Waals surface area (Å²) in [6.45, 7) is 3.59. The number of tetrazole rings is 1. The Labute approximate surface area is 125 Å². The molecule has 0 spiro atoms. The number of nitrogens with one attached hydrogen (secondary N) is 2. The summed E-state index contributed by atoms with van der Waals surface area (Å²) in [7, 11) is 1.70. The highest BCUT2D eigenvalue weighted by molar-refractivity contribution is 5.98. The number of H-pyrrole nitrogens is 1. The largest absolute Gasteiger partial charge is 0.350 e. The first-order chi connectivity index (χ1) is 10.5. The minimum atomic E-state index is -0.350. The SMILES string of the molecule is Cc1cc(F)cc2[nH]c(C(=O)NC(C)c3nnnn3C)cc12. The molecule has 2 aromatic heterocycles. The molecule has 0 bridgehead atoms. The van der Waals surface area contributed by atoms with E-state index in [0.29, 0.717) is 17.0 Å². The van der Waals surface area contributed by atoms with Crippen molar-refractivity contribution in [1.29, 1.82) is 0 Å². The third-order valence-electron chi connectivity index (χ3n) is 3.54. The van der Waals surface area contributed by atoms with Gasteiger partial charge in [-0.15, -0.1) is 5.10 Å². The van der Waals surface area contributed by atoms with Gasteiger partial charge in [-0.1, -0.05) is 0 Å². The highest BCUT2D eigenvalue weighted by Crippen LogP contribution is 2.21. The molecule has 3 aromatic rings. The number of hydrogen-bond donors (Lipinski definition) is 2. The maximum absolute atomic E-state index is 13.4. The first-order valence-electron chi connectivity index (χ1n) is 6.77. The van der Waals surface area contributed by atoms with Crippen molar-refractivity contribution in [2.75, 3.05) is 0 Å². The number of amides is 1.